The van der Waals surface area contributed by atoms with Gasteiger partial charge in [0.05, 0.1) is 11.7 Å². The average Bonchev–Trinajstić information content (AvgIpc) is 3.10. The van der Waals surface area contributed by atoms with Crippen LogP contribution < -0.4 is 5.32 Å². The molecule has 1 N–H and O–H groups in total. The SMILES string of the molecule is CCc1cc([C@H]2CCCN2C(=O)NCCCOC)on1. The standard InChI is InChI=1S/C14H23N3O3/c1-3-11-10-13(20-16-11)12-6-4-8-17(12)14(18)15-7-5-9-19-2/h10,12H,3-9H2,1-2H3,(H,15,18)/t12-/m1/s1. The van der Waals surface area contributed by atoms with Crippen molar-refractivity contribution in [1.82, 2.24) is 15.4 Å². The van der Waals surface area contributed by atoms with Crippen LogP contribution in [-0.4, -0.2) is 42.9 Å². The van der Waals surface area contributed by atoms with E-state index in [4.69, 9.17) is 9.26 Å². The number of aromatic nitrogens is 1. The van der Waals surface area contributed by atoms with Gasteiger partial charge in [0.25, 0.3) is 0 Å². The Labute approximate surface area is 119 Å². The van der Waals surface area contributed by atoms with Crippen molar-refractivity contribution in [2.75, 3.05) is 26.8 Å². The highest BCUT2D eigenvalue weighted by Gasteiger charge is 2.32. The largest absolute Gasteiger partial charge is 0.385 e. The molecule has 1 fully saturated rings. The van der Waals surface area contributed by atoms with Crippen molar-refractivity contribution in [3.63, 3.8) is 0 Å². The van der Waals surface area contributed by atoms with E-state index in [0.29, 0.717) is 13.2 Å². The Morgan fingerprint density at radius 2 is 2.50 bits per heavy atom. The molecular weight excluding hydrogens is 258 g/mol. The third-order valence-corrected chi connectivity index (χ3v) is 3.58. The van der Waals surface area contributed by atoms with Crippen LogP contribution in [0, 0.1) is 0 Å². The molecule has 1 atom stereocenters. The fourth-order valence-electron chi connectivity index (χ4n) is 2.47. The molecule has 1 aliphatic heterocycles. The molecule has 2 rings (SSSR count). The van der Waals surface area contributed by atoms with Gasteiger partial charge in [-0.1, -0.05) is 12.1 Å². The van der Waals surface area contributed by atoms with Gasteiger partial charge in [-0.3, -0.25) is 0 Å². The van der Waals surface area contributed by atoms with Crippen LogP contribution in [-0.2, 0) is 11.2 Å². The van der Waals surface area contributed by atoms with Crippen molar-refractivity contribution < 1.29 is 14.1 Å². The molecule has 1 aliphatic rings. The number of hydrogen-bond acceptors (Lipinski definition) is 4. The molecule has 112 valence electrons. The van der Waals surface area contributed by atoms with Gasteiger partial charge in [0.2, 0.25) is 0 Å². The molecule has 6 nitrogen and oxygen atoms in total. The van der Waals surface area contributed by atoms with E-state index in [9.17, 15) is 4.79 Å². The molecule has 2 heterocycles. The highest BCUT2D eigenvalue weighted by atomic mass is 16.5. The summed E-state index contributed by atoms with van der Waals surface area (Å²) in [5, 5.41) is 6.93. The van der Waals surface area contributed by atoms with Crippen LogP contribution in [0.1, 0.15) is 43.7 Å². The first-order valence-corrected chi connectivity index (χ1v) is 7.25. The lowest BCUT2D eigenvalue weighted by Gasteiger charge is -2.23. The smallest absolute Gasteiger partial charge is 0.318 e. The average molecular weight is 281 g/mol. The van der Waals surface area contributed by atoms with Crippen molar-refractivity contribution in [3.8, 4) is 0 Å². The summed E-state index contributed by atoms with van der Waals surface area (Å²) in [5.41, 5.74) is 0.937. The zero-order chi connectivity index (χ0) is 14.4. The molecule has 1 aromatic heterocycles. The number of carbonyl (C=O) groups is 1. The lowest BCUT2D eigenvalue weighted by atomic mass is 10.1. The number of likely N-dealkylation sites (tertiary alicyclic amines) is 1. The summed E-state index contributed by atoms with van der Waals surface area (Å²) in [6, 6.07) is 1.95. The maximum absolute atomic E-state index is 12.2. The molecule has 0 saturated carbocycles. The van der Waals surface area contributed by atoms with Gasteiger partial charge in [-0.15, -0.1) is 0 Å². The summed E-state index contributed by atoms with van der Waals surface area (Å²) >= 11 is 0. The number of ether oxygens (including phenoxy) is 1. The Balaban J connectivity index is 1.91. The van der Waals surface area contributed by atoms with Crippen LogP contribution >= 0.6 is 0 Å². The zero-order valence-electron chi connectivity index (χ0n) is 12.2. The number of aryl methyl sites for hydroxylation is 1. The molecule has 20 heavy (non-hydrogen) atoms. The minimum atomic E-state index is -0.0296. The van der Waals surface area contributed by atoms with Crippen LogP contribution in [0.3, 0.4) is 0 Å². The number of nitrogens with one attached hydrogen (secondary N) is 1. The van der Waals surface area contributed by atoms with E-state index in [1.807, 2.05) is 17.9 Å². The maximum Gasteiger partial charge on any atom is 0.318 e. The minimum Gasteiger partial charge on any atom is -0.385 e. The third-order valence-electron chi connectivity index (χ3n) is 3.58. The first-order chi connectivity index (χ1) is 9.76. The Bertz CT molecular complexity index is 433. The van der Waals surface area contributed by atoms with Gasteiger partial charge in [-0.2, -0.15) is 0 Å². The Kier molecular flexibility index (Phi) is 5.40. The second kappa shape index (κ2) is 7.28. The predicted octanol–water partition coefficient (Wildman–Crippen LogP) is 2.12. The first-order valence-electron chi connectivity index (χ1n) is 7.25. The van der Waals surface area contributed by atoms with Gasteiger partial charge in [-0.05, 0) is 25.7 Å². The topological polar surface area (TPSA) is 67.6 Å². The number of hydrogen-bond donors (Lipinski definition) is 1. The van der Waals surface area contributed by atoms with Crippen molar-refractivity contribution in [1.29, 1.82) is 0 Å². The highest BCUT2D eigenvalue weighted by Crippen LogP contribution is 2.32. The van der Waals surface area contributed by atoms with E-state index in [2.05, 4.69) is 10.5 Å². The van der Waals surface area contributed by atoms with Crippen molar-refractivity contribution in [2.24, 2.45) is 0 Å². The van der Waals surface area contributed by atoms with E-state index in [1.54, 1.807) is 7.11 Å². The fourth-order valence-corrected chi connectivity index (χ4v) is 2.47. The number of urea groups is 1. The van der Waals surface area contributed by atoms with E-state index in [1.165, 1.54) is 0 Å². The summed E-state index contributed by atoms with van der Waals surface area (Å²) in [7, 11) is 1.66. The molecule has 0 unspecified atom stereocenters. The lowest BCUT2D eigenvalue weighted by Crippen LogP contribution is -2.40. The monoisotopic (exact) mass is 281 g/mol. The van der Waals surface area contributed by atoms with Crippen molar-refractivity contribution >= 4 is 6.03 Å². The normalized spacial score (nSPS) is 18.5. The van der Waals surface area contributed by atoms with Crippen molar-refractivity contribution in [3.05, 3.63) is 17.5 Å². The second-order valence-electron chi connectivity index (χ2n) is 5.00. The van der Waals surface area contributed by atoms with Gasteiger partial charge < -0.3 is 19.5 Å². The number of methoxy groups -OCH3 is 1. The summed E-state index contributed by atoms with van der Waals surface area (Å²) < 4.78 is 10.3. The molecule has 1 saturated heterocycles. The quantitative estimate of drug-likeness (QED) is 0.811. The number of rotatable bonds is 6. The zero-order valence-corrected chi connectivity index (χ0v) is 12.2. The van der Waals surface area contributed by atoms with Crippen LogP contribution in [0.25, 0.3) is 0 Å². The molecule has 1 aromatic rings. The Morgan fingerprint density at radius 3 is 3.20 bits per heavy atom. The van der Waals surface area contributed by atoms with Gasteiger partial charge in [0.15, 0.2) is 5.76 Å². The maximum atomic E-state index is 12.2. The molecule has 0 aliphatic carbocycles. The molecule has 0 radical (unpaired) electrons. The highest BCUT2D eigenvalue weighted by molar-refractivity contribution is 5.74. The number of amides is 2. The lowest BCUT2D eigenvalue weighted by molar-refractivity contribution is 0.176. The minimum absolute atomic E-state index is 0.0187. The molecule has 0 bridgehead atoms. The van der Waals surface area contributed by atoms with Gasteiger partial charge in [0.1, 0.15) is 0 Å². The van der Waals surface area contributed by atoms with Gasteiger partial charge >= 0.3 is 6.03 Å². The van der Waals surface area contributed by atoms with E-state index in [-0.39, 0.29) is 12.1 Å². The van der Waals surface area contributed by atoms with E-state index in [0.717, 1.165) is 43.7 Å². The fraction of sp³-hybridized carbons (Fsp3) is 0.714. The third kappa shape index (κ3) is 3.50. The van der Waals surface area contributed by atoms with E-state index < -0.39 is 0 Å². The summed E-state index contributed by atoms with van der Waals surface area (Å²) in [4.78, 5) is 14.0. The van der Waals surface area contributed by atoms with Gasteiger partial charge in [-0.25, -0.2) is 4.79 Å². The number of nitrogens with zero attached hydrogens (tertiary/aromatic N) is 2. The Morgan fingerprint density at radius 1 is 1.65 bits per heavy atom. The molecule has 2 amide bonds. The molecular formula is C14H23N3O3. The summed E-state index contributed by atoms with van der Waals surface area (Å²) in [6.45, 7) is 4.09. The first kappa shape index (κ1) is 14.8. The van der Waals surface area contributed by atoms with E-state index >= 15 is 0 Å². The summed E-state index contributed by atoms with van der Waals surface area (Å²) in [5.74, 6) is 0.798. The van der Waals surface area contributed by atoms with Crippen LogP contribution in [0.4, 0.5) is 4.79 Å². The molecule has 0 aromatic carbocycles. The van der Waals surface area contributed by atoms with Crippen LogP contribution in [0.15, 0.2) is 10.6 Å². The predicted molar refractivity (Wildman–Crippen MR) is 74.5 cm³/mol. The molecule has 0 spiro atoms. The summed E-state index contributed by atoms with van der Waals surface area (Å²) in [6.07, 6.45) is 3.60. The second-order valence-corrected chi connectivity index (χ2v) is 5.00. The van der Waals surface area contributed by atoms with Gasteiger partial charge in [0, 0.05) is 32.9 Å². The molecule has 6 heteroatoms. The Hall–Kier alpha value is -1.56. The van der Waals surface area contributed by atoms with Crippen LogP contribution in [0.5, 0.6) is 0 Å². The van der Waals surface area contributed by atoms with Crippen LogP contribution in [0.2, 0.25) is 0 Å². The van der Waals surface area contributed by atoms with Crippen molar-refractivity contribution in [2.45, 2.75) is 38.6 Å². The number of carbonyl (C=O) groups excluding carboxylic acids is 1.